The number of anilines is 1. The van der Waals surface area contributed by atoms with Crippen molar-refractivity contribution in [2.24, 2.45) is 0 Å². The minimum atomic E-state index is -1.18. The molecule has 0 radical (unpaired) electrons. The topological polar surface area (TPSA) is 79.5 Å². The number of carbonyl (C=O) groups is 2. The second-order valence-electron chi connectivity index (χ2n) is 5.12. The van der Waals surface area contributed by atoms with Gasteiger partial charge in [0.05, 0.1) is 28.1 Å². The van der Waals surface area contributed by atoms with Crippen molar-refractivity contribution >= 4 is 59.6 Å². The fourth-order valence-corrected chi connectivity index (χ4v) is 2.78. The first-order valence-corrected chi connectivity index (χ1v) is 7.89. The molecule has 1 amide bonds. The monoisotopic (exact) mass is 383 g/mol. The molecule has 0 spiro atoms. The van der Waals surface area contributed by atoms with Crippen molar-refractivity contribution in [2.45, 2.75) is 0 Å². The van der Waals surface area contributed by atoms with Gasteiger partial charge in [0, 0.05) is 10.6 Å². The third-order valence-corrected chi connectivity index (χ3v) is 4.03. The Kier molecular flexibility index (Phi) is 6.57. The van der Waals surface area contributed by atoms with Gasteiger partial charge in [-0.2, -0.15) is 0 Å². The zero-order valence-electron chi connectivity index (χ0n) is 12.6. The first-order chi connectivity index (χ1) is 12.0. The Bertz CT molecular complexity index is 958. The average Bonchev–Trinajstić information content (AvgIpc) is 3.09. The van der Waals surface area contributed by atoms with E-state index in [0.29, 0.717) is 16.3 Å². The fourth-order valence-electron chi connectivity index (χ4n) is 2.29. The van der Waals surface area contributed by atoms with Crippen LogP contribution in [0, 0.1) is 0 Å². The van der Waals surface area contributed by atoms with E-state index in [0.717, 1.165) is 0 Å². The average molecular weight is 384 g/mol. The summed E-state index contributed by atoms with van der Waals surface area (Å²) in [5, 5.41) is 12.6. The van der Waals surface area contributed by atoms with Crippen molar-refractivity contribution < 1.29 is 19.1 Å². The van der Waals surface area contributed by atoms with E-state index in [4.69, 9.17) is 27.6 Å². The minimum absolute atomic E-state index is 0. The summed E-state index contributed by atoms with van der Waals surface area (Å²) in [5.41, 5.74) is 0.869. The van der Waals surface area contributed by atoms with Crippen molar-refractivity contribution in [1.29, 1.82) is 0 Å². The van der Waals surface area contributed by atoms with E-state index in [2.05, 4.69) is 5.32 Å². The third kappa shape index (κ3) is 4.32. The van der Waals surface area contributed by atoms with Crippen LogP contribution in [0.15, 0.2) is 59.2 Å². The van der Waals surface area contributed by atoms with E-state index in [1.165, 1.54) is 36.6 Å². The standard InChI is InChI=1S/C18H11Cl2NO4.Li.H/c19-11-4-5-12(14(20)9-11)17(22)21-15-6-3-10(8-13(15)18(23)24)16-2-1-7-25-16;;/h1-9H,(H,21,22)(H,23,24);;. The van der Waals surface area contributed by atoms with Crippen molar-refractivity contribution in [2.75, 3.05) is 5.32 Å². The van der Waals surface area contributed by atoms with E-state index >= 15 is 0 Å². The Hall–Kier alpha value is -2.16. The summed E-state index contributed by atoms with van der Waals surface area (Å²) in [7, 11) is 0. The number of halogens is 2. The van der Waals surface area contributed by atoms with E-state index < -0.39 is 11.9 Å². The van der Waals surface area contributed by atoms with Crippen LogP contribution >= 0.6 is 23.2 Å². The summed E-state index contributed by atoms with van der Waals surface area (Å²) in [6, 6.07) is 12.4. The maximum absolute atomic E-state index is 12.4. The van der Waals surface area contributed by atoms with Gasteiger partial charge in [-0.25, -0.2) is 4.79 Å². The van der Waals surface area contributed by atoms with Gasteiger partial charge in [-0.1, -0.05) is 23.2 Å². The summed E-state index contributed by atoms with van der Waals surface area (Å²) in [5.74, 6) is -1.18. The number of carboxylic acid groups (broad SMARTS) is 1. The Morgan fingerprint density at radius 2 is 1.77 bits per heavy atom. The molecule has 3 aromatic rings. The van der Waals surface area contributed by atoms with Crippen molar-refractivity contribution in [3.05, 3.63) is 76.0 Å². The number of hydrogen-bond acceptors (Lipinski definition) is 3. The van der Waals surface area contributed by atoms with Crippen molar-refractivity contribution in [3.8, 4) is 11.3 Å². The van der Waals surface area contributed by atoms with E-state index in [1.807, 2.05) is 0 Å². The SMILES string of the molecule is O=C(Nc1ccc(-c2ccco2)cc1C(=O)O)c1ccc(Cl)cc1Cl.[LiH]. The van der Waals surface area contributed by atoms with Crippen LogP contribution in [0.5, 0.6) is 0 Å². The van der Waals surface area contributed by atoms with Gasteiger partial charge in [-0.05, 0) is 48.5 Å². The molecule has 0 saturated heterocycles. The molecule has 0 unspecified atom stereocenters. The first kappa shape index (κ1) is 20.2. The number of nitrogens with one attached hydrogen (secondary N) is 1. The molecular weight excluding hydrogens is 372 g/mol. The van der Waals surface area contributed by atoms with Crippen LogP contribution in [0.25, 0.3) is 11.3 Å². The number of benzene rings is 2. The molecule has 0 saturated carbocycles. The predicted molar refractivity (Wildman–Crippen MR) is 103 cm³/mol. The van der Waals surface area contributed by atoms with E-state index in [1.54, 1.807) is 18.2 Å². The Balaban J connectivity index is 0.00000243. The van der Waals surface area contributed by atoms with Crippen LogP contribution < -0.4 is 5.32 Å². The third-order valence-electron chi connectivity index (χ3n) is 3.48. The van der Waals surface area contributed by atoms with Gasteiger partial charge in [0.1, 0.15) is 5.76 Å². The molecule has 3 rings (SSSR count). The van der Waals surface area contributed by atoms with Crippen LogP contribution in [0.2, 0.25) is 10.0 Å². The molecule has 0 fully saturated rings. The van der Waals surface area contributed by atoms with Gasteiger partial charge in [0.2, 0.25) is 0 Å². The first-order valence-electron chi connectivity index (χ1n) is 7.13. The van der Waals surface area contributed by atoms with Gasteiger partial charge < -0.3 is 14.8 Å². The molecule has 0 aliphatic carbocycles. The molecule has 0 bridgehead atoms. The van der Waals surface area contributed by atoms with Crippen LogP contribution in [0.4, 0.5) is 5.69 Å². The Morgan fingerprint density at radius 1 is 1.00 bits per heavy atom. The molecule has 1 aromatic heterocycles. The van der Waals surface area contributed by atoms with Gasteiger partial charge in [-0.15, -0.1) is 0 Å². The Labute approximate surface area is 171 Å². The van der Waals surface area contributed by atoms with Gasteiger partial charge in [0.15, 0.2) is 0 Å². The van der Waals surface area contributed by atoms with Crippen LogP contribution in [-0.4, -0.2) is 35.8 Å². The number of amides is 1. The summed E-state index contributed by atoms with van der Waals surface area (Å²) in [4.78, 5) is 23.9. The second kappa shape index (κ2) is 8.48. The number of furan rings is 1. The summed E-state index contributed by atoms with van der Waals surface area (Å²) in [6.07, 6.45) is 1.49. The van der Waals surface area contributed by atoms with Crippen molar-refractivity contribution in [1.82, 2.24) is 0 Å². The molecule has 128 valence electrons. The molecule has 8 heteroatoms. The molecule has 5 nitrogen and oxygen atoms in total. The molecule has 2 aromatic carbocycles. The molecule has 2 N–H and O–H groups in total. The van der Waals surface area contributed by atoms with Gasteiger partial charge in [-0.3, -0.25) is 4.79 Å². The maximum atomic E-state index is 12.4. The normalized spacial score (nSPS) is 10.1. The van der Waals surface area contributed by atoms with Gasteiger partial charge in [0.25, 0.3) is 5.91 Å². The number of rotatable bonds is 4. The second-order valence-corrected chi connectivity index (χ2v) is 5.96. The summed E-state index contributed by atoms with van der Waals surface area (Å²) >= 11 is 11.8. The fraction of sp³-hybridized carbons (Fsp3) is 0. The number of carboxylic acids is 1. The van der Waals surface area contributed by atoms with E-state index in [-0.39, 0.29) is 40.7 Å². The number of hydrogen-bond donors (Lipinski definition) is 2. The Morgan fingerprint density at radius 3 is 2.38 bits per heavy atom. The summed E-state index contributed by atoms with van der Waals surface area (Å²) in [6.45, 7) is 0. The quantitative estimate of drug-likeness (QED) is 0.647. The zero-order valence-corrected chi connectivity index (χ0v) is 14.1. The molecule has 0 aliphatic rings. The molecule has 0 atom stereocenters. The number of carbonyl (C=O) groups excluding carboxylic acids is 1. The molecule has 0 aliphatic heterocycles. The van der Waals surface area contributed by atoms with Gasteiger partial charge >= 0.3 is 24.8 Å². The molecule has 1 heterocycles. The zero-order chi connectivity index (χ0) is 18.0. The van der Waals surface area contributed by atoms with E-state index in [9.17, 15) is 14.7 Å². The number of aromatic carboxylic acids is 1. The molecular formula is C18H12Cl2LiNO4. The molecule has 26 heavy (non-hydrogen) atoms. The van der Waals surface area contributed by atoms with Crippen LogP contribution in [0.1, 0.15) is 20.7 Å². The predicted octanol–water partition coefficient (Wildman–Crippen LogP) is 4.56. The van der Waals surface area contributed by atoms with Crippen molar-refractivity contribution in [3.63, 3.8) is 0 Å². The summed E-state index contributed by atoms with van der Waals surface area (Å²) < 4.78 is 5.26. The van der Waals surface area contributed by atoms with Crippen LogP contribution in [-0.2, 0) is 0 Å². The van der Waals surface area contributed by atoms with Crippen LogP contribution in [0.3, 0.4) is 0 Å².